The van der Waals surface area contributed by atoms with Gasteiger partial charge in [0.1, 0.15) is 0 Å². The second-order valence-corrected chi connectivity index (χ2v) is 7.55. The van der Waals surface area contributed by atoms with Crippen LogP contribution in [-0.2, 0) is 16.4 Å². The van der Waals surface area contributed by atoms with Gasteiger partial charge in [-0.05, 0) is 36.5 Å². The second-order valence-electron chi connectivity index (χ2n) is 5.50. The molecule has 1 heterocycles. The average Bonchev–Trinajstić information content (AvgIpc) is 2.82. The van der Waals surface area contributed by atoms with Gasteiger partial charge >= 0.3 is 0 Å². The minimum Gasteiger partial charge on any atom is -0.384 e. The number of hydrogen-bond acceptors (Lipinski definition) is 3. The van der Waals surface area contributed by atoms with Crippen molar-refractivity contribution in [1.29, 1.82) is 0 Å². The van der Waals surface area contributed by atoms with Crippen LogP contribution in [0.15, 0.2) is 23.1 Å². The first-order chi connectivity index (χ1) is 8.91. The summed E-state index contributed by atoms with van der Waals surface area (Å²) >= 11 is 0. The van der Waals surface area contributed by atoms with Crippen molar-refractivity contribution in [2.24, 2.45) is 5.92 Å². The van der Waals surface area contributed by atoms with Crippen molar-refractivity contribution in [3.05, 3.63) is 23.8 Å². The van der Waals surface area contributed by atoms with Crippen molar-refractivity contribution in [2.45, 2.75) is 31.6 Å². The summed E-state index contributed by atoms with van der Waals surface area (Å²) in [6.07, 6.45) is 1.85. The highest BCUT2D eigenvalue weighted by Crippen LogP contribution is 2.26. The molecule has 0 atom stereocenters. The Kier molecular flexibility index (Phi) is 4.16. The molecule has 1 N–H and O–H groups in total. The first-order valence-corrected chi connectivity index (χ1v) is 8.18. The Morgan fingerprint density at radius 3 is 2.79 bits per heavy atom. The first kappa shape index (κ1) is 14.3. The molecule has 0 amide bonds. The van der Waals surface area contributed by atoms with E-state index >= 15 is 0 Å². The zero-order chi connectivity index (χ0) is 14.0. The smallest absolute Gasteiger partial charge is 0.242 e. The zero-order valence-electron chi connectivity index (χ0n) is 11.8. The summed E-state index contributed by atoms with van der Waals surface area (Å²) in [5, 5.41) is 3.22. The highest BCUT2D eigenvalue weighted by molar-refractivity contribution is 7.89. The Morgan fingerprint density at radius 1 is 1.37 bits per heavy atom. The molecule has 5 heteroatoms. The summed E-state index contributed by atoms with van der Waals surface area (Å²) < 4.78 is 26.3. The van der Waals surface area contributed by atoms with E-state index in [4.69, 9.17) is 0 Å². The van der Waals surface area contributed by atoms with Crippen LogP contribution in [0, 0.1) is 5.92 Å². The maximum absolute atomic E-state index is 12.4. The van der Waals surface area contributed by atoms with Gasteiger partial charge in [-0.15, -0.1) is 0 Å². The van der Waals surface area contributed by atoms with Gasteiger partial charge < -0.3 is 5.32 Å². The zero-order valence-corrected chi connectivity index (χ0v) is 12.6. The van der Waals surface area contributed by atoms with Crippen molar-refractivity contribution < 1.29 is 8.42 Å². The lowest BCUT2D eigenvalue weighted by Crippen LogP contribution is -2.28. The van der Waals surface area contributed by atoms with Crippen molar-refractivity contribution in [3.8, 4) is 0 Å². The third kappa shape index (κ3) is 3.09. The predicted octanol–water partition coefficient (Wildman–Crippen LogP) is 2.32. The van der Waals surface area contributed by atoms with Gasteiger partial charge in [-0.3, -0.25) is 0 Å². The fourth-order valence-corrected chi connectivity index (χ4v) is 3.38. The van der Waals surface area contributed by atoms with Gasteiger partial charge in [0, 0.05) is 25.8 Å². The molecule has 1 aromatic rings. The van der Waals surface area contributed by atoms with Gasteiger partial charge in [0.15, 0.2) is 0 Å². The van der Waals surface area contributed by atoms with Crippen LogP contribution in [0.4, 0.5) is 5.69 Å². The molecule has 0 saturated carbocycles. The van der Waals surface area contributed by atoms with Gasteiger partial charge in [-0.1, -0.05) is 19.9 Å². The van der Waals surface area contributed by atoms with E-state index in [9.17, 15) is 8.42 Å². The Labute approximate surface area is 115 Å². The van der Waals surface area contributed by atoms with Crippen LogP contribution in [-0.4, -0.2) is 32.9 Å². The molecule has 0 bridgehead atoms. The number of rotatable bonds is 5. The normalized spacial score (nSPS) is 14.8. The van der Waals surface area contributed by atoms with Gasteiger partial charge in [-0.2, -0.15) is 0 Å². The van der Waals surface area contributed by atoms with Gasteiger partial charge in [0.25, 0.3) is 0 Å². The molecule has 0 spiro atoms. The molecule has 1 aliphatic heterocycles. The summed E-state index contributed by atoms with van der Waals surface area (Å²) in [5.74, 6) is 0.499. The molecule has 0 saturated heterocycles. The molecule has 1 aromatic carbocycles. The summed E-state index contributed by atoms with van der Waals surface area (Å²) in [6.45, 7) is 5.64. The number of anilines is 1. The Bertz CT molecular complexity index is 553. The lowest BCUT2D eigenvalue weighted by molar-refractivity contribution is 0.428. The van der Waals surface area contributed by atoms with Crippen LogP contribution in [0.5, 0.6) is 0 Å². The molecule has 0 unspecified atom stereocenters. The number of benzene rings is 1. The Morgan fingerprint density at radius 2 is 2.11 bits per heavy atom. The highest BCUT2D eigenvalue weighted by atomic mass is 32.2. The van der Waals surface area contributed by atoms with E-state index in [-0.39, 0.29) is 0 Å². The molecule has 2 rings (SSSR count). The second kappa shape index (κ2) is 5.51. The van der Waals surface area contributed by atoms with E-state index in [0.717, 1.165) is 25.1 Å². The van der Waals surface area contributed by atoms with E-state index in [1.807, 2.05) is 6.07 Å². The van der Waals surface area contributed by atoms with E-state index in [1.165, 1.54) is 9.87 Å². The fourth-order valence-electron chi connectivity index (χ4n) is 2.17. The Balaban J connectivity index is 2.19. The maximum Gasteiger partial charge on any atom is 0.242 e. The molecule has 0 aromatic heterocycles. The topological polar surface area (TPSA) is 49.4 Å². The van der Waals surface area contributed by atoms with Gasteiger partial charge in [0.2, 0.25) is 10.0 Å². The third-order valence-corrected chi connectivity index (χ3v) is 5.37. The largest absolute Gasteiger partial charge is 0.384 e. The van der Waals surface area contributed by atoms with Crippen LogP contribution < -0.4 is 5.32 Å². The number of fused-ring (bicyclic) bond motifs is 1. The minimum absolute atomic E-state index is 0.381. The van der Waals surface area contributed by atoms with Crippen LogP contribution in [0.2, 0.25) is 0 Å². The van der Waals surface area contributed by atoms with Crippen LogP contribution in [0.1, 0.15) is 25.8 Å². The number of nitrogens with one attached hydrogen (secondary N) is 1. The van der Waals surface area contributed by atoms with Crippen molar-refractivity contribution >= 4 is 15.7 Å². The summed E-state index contributed by atoms with van der Waals surface area (Å²) in [4.78, 5) is 0.381. The van der Waals surface area contributed by atoms with E-state index in [1.54, 1.807) is 19.2 Å². The first-order valence-electron chi connectivity index (χ1n) is 6.74. The van der Waals surface area contributed by atoms with Crippen molar-refractivity contribution in [3.63, 3.8) is 0 Å². The quantitative estimate of drug-likeness (QED) is 0.901. The average molecular weight is 282 g/mol. The highest BCUT2D eigenvalue weighted by Gasteiger charge is 2.22. The van der Waals surface area contributed by atoms with E-state index in [0.29, 0.717) is 17.4 Å². The predicted molar refractivity (Wildman–Crippen MR) is 77.9 cm³/mol. The third-order valence-electron chi connectivity index (χ3n) is 3.52. The maximum atomic E-state index is 12.4. The molecule has 0 fully saturated rings. The number of sulfonamides is 1. The van der Waals surface area contributed by atoms with Crippen LogP contribution in [0.25, 0.3) is 0 Å². The lowest BCUT2D eigenvalue weighted by Gasteiger charge is -2.18. The van der Waals surface area contributed by atoms with Crippen molar-refractivity contribution in [1.82, 2.24) is 4.31 Å². The molecule has 4 nitrogen and oxygen atoms in total. The molecular weight excluding hydrogens is 260 g/mol. The fraction of sp³-hybridized carbons (Fsp3) is 0.571. The van der Waals surface area contributed by atoms with E-state index < -0.39 is 10.0 Å². The van der Waals surface area contributed by atoms with Gasteiger partial charge in [-0.25, -0.2) is 12.7 Å². The van der Waals surface area contributed by atoms with Crippen LogP contribution in [0.3, 0.4) is 0 Å². The molecule has 1 aliphatic rings. The molecule has 0 aliphatic carbocycles. The van der Waals surface area contributed by atoms with Crippen molar-refractivity contribution in [2.75, 3.05) is 25.5 Å². The number of hydrogen-bond donors (Lipinski definition) is 1. The van der Waals surface area contributed by atoms with E-state index in [2.05, 4.69) is 19.2 Å². The monoisotopic (exact) mass is 282 g/mol. The minimum atomic E-state index is -3.36. The summed E-state index contributed by atoms with van der Waals surface area (Å²) in [7, 11) is -1.71. The standard InChI is InChI=1S/C14H22N2O2S/c1-11(2)7-9-16(3)19(17,18)13-5-4-12-6-8-15-14(12)10-13/h4-5,10-11,15H,6-9H2,1-3H3. The lowest BCUT2D eigenvalue weighted by atomic mass is 10.1. The summed E-state index contributed by atoms with van der Waals surface area (Å²) in [5.41, 5.74) is 2.15. The number of nitrogens with zero attached hydrogens (tertiary/aromatic N) is 1. The SMILES string of the molecule is CC(C)CCN(C)S(=O)(=O)c1ccc2c(c1)NCC2. The summed E-state index contributed by atoms with van der Waals surface area (Å²) in [6, 6.07) is 5.38. The van der Waals surface area contributed by atoms with Crippen LogP contribution >= 0.6 is 0 Å². The Hall–Kier alpha value is -1.07. The molecular formula is C14H22N2O2S. The molecule has 106 valence electrons. The molecule has 19 heavy (non-hydrogen) atoms. The van der Waals surface area contributed by atoms with Gasteiger partial charge in [0.05, 0.1) is 4.90 Å². The molecule has 0 radical (unpaired) electrons.